The molecule has 2 N–H and O–H groups in total. The molecule has 0 spiro atoms. The van der Waals surface area contributed by atoms with Crippen molar-refractivity contribution in [1.29, 1.82) is 0 Å². The molecule has 2 unspecified atom stereocenters. The van der Waals surface area contributed by atoms with E-state index in [1.807, 2.05) is 0 Å². The number of anilines is 2. The molecule has 2 amide bonds. The number of hydrogen-bond donors (Lipinski definition) is 3. The molecule has 2 aliphatic rings. The van der Waals surface area contributed by atoms with Crippen molar-refractivity contribution in [2.75, 3.05) is 36.0 Å². The third kappa shape index (κ3) is 3.46. The number of rotatable bonds is 4. The molecule has 2 atom stereocenters. The van der Waals surface area contributed by atoms with Gasteiger partial charge in [0.2, 0.25) is 11.8 Å². The standard InChI is InChI=1S/C13H17N5O3S3/c19-12-8-14-4-6-16(12)9-1-2-11(15-7-9)17-5-3-10(13(17)20)18(22)24(21)23/h1-2,7,10,14,22H,3-6,8H2,(H,21,23). The summed E-state index contributed by atoms with van der Waals surface area (Å²) < 4.78 is 10.6. The molecule has 0 bridgehead atoms. The van der Waals surface area contributed by atoms with Crippen LogP contribution in [0.2, 0.25) is 0 Å². The summed E-state index contributed by atoms with van der Waals surface area (Å²) in [6.45, 7) is 2.13. The minimum absolute atomic E-state index is 0.000691. The first kappa shape index (κ1) is 17.7. The lowest BCUT2D eigenvalue weighted by Gasteiger charge is -2.27. The van der Waals surface area contributed by atoms with Gasteiger partial charge in [-0.15, -0.1) is 0 Å². The van der Waals surface area contributed by atoms with E-state index in [1.165, 1.54) is 3.71 Å². The molecular weight excluding hydrogens is 370 g/mol. The zero-order valence-corrected chi connectivity index (χ0v) is 15.2. The van der Waals surface area contributed by atoms with Crippen molar-refractivity contribution in [3.05, 3.63) is 18.3 Å². The summed E-state index contributed by atoms with van der Waals surface area (Å²) in [7, 11) is -1.49. The predicted molar refractivity (Wildman–Crippen MR) is 98.4 cm³/mol. The van der Waals surface area contributed by atoms with Crippen molar-refractivity contribution in [3.63, 3.8) is 0 Å². The van der Waals surface area contributed by atoms with Gasteiger partial charge in [-0.05, 0) is 29.7 Å². The summed E-state index contributed by atoms with van der Waals surface area (Å²) >= 11 is 8.85. The number of thiol groups is 1. The molecule has 0 aromatic carbocycles. The molecule has 1 aromatic rings. The fraction of sp³-hybridized carbons (Fsp3) is 0.462. The number of piperazine rings is 1. The van der Waals surface area contributed by atoms with Gasteiger partial charge in [0.1, 0.15) is 11.9 Å². The molecular formula is C13H17N5O3S3. The minimum atomic E-state index is -1.49. The van der Waals surface area contributed by atoms with Crippen LogP contribution in [0, 0.1) is 0 Å². The first-order valence-electron chi connectivity index (χ1n) is 7.36. The number of carbonyl (C=O) groups excluding carboxylic acids is 2. The second-order valence-electron chi connectivity index (χ2n) is 5.42. The summed E-state index contributed by atoms with van der Waals surface area (Å²) in [6, 6.07) is 2.95. The maximum absolute atomic E-state index is 12.5. The highest BCUT2D eigenvalue weighted by Gasteiger charge is 2.37. The molecule has 11 heteroatoms. The van der Waals surface area contributed by atoms with Gasteiger partial charge in [0.25, 0.3) is 0 Å². The van der Waals surface area contributed by atoms with E-state index in [2.05, 4.69) is 23.1 Å². The average Bonchev–Trinajstić information content (AvgIpc) is 2.96. The third-order valence-corrected chi connectivity index (χ3v) is 6.14. The maximum atomic E-state index is 12.5. The number of hydrogen-bond acceptors (Lipinski definition) is 6. The third-order valence-electron chi connectivity index (χ3n) is 4.01. The summed E-state index contributed by atoms with van der Waals surface area (Å²) in [6.07, 6.45) is 2.12. The van der Waals surface area contributed by atoms with Crippen LogP contribution in [0.25, 0.3) is 0 Å². The van der Waals surface area contributed by atoms with Gasteiger partial charge in [-0.25, -0.2) is 4.98 Å². The second kappa shape index (κ2) is 7.42. The Morgan fingerprint density at radius 1 is 1.38 bits per heavy atom. The van der Waals surface area contributed by atoms with Crippen LogP contribution >= 0.6 is 12.8 Å². The fourth-order valence-corrected chi connectivity index (χ4v) is 3.72. The highest BCUT2D eigenvalue weighted by Crippen LogP contribution is 2.26. The molecule has 2 fully saturated rings. The van der Waals surface area contributed by atoms with Crippen molar-refractivity contribution < 1.29 is 14.1 Å². The van der Waals surface area contributed by atoms with Gasteiger partial charge >= 0.3 is 0 Å². The van der Waals surface area contributed by atoms with Gasteiger partial charge < -0.3 is 14.8 Å². The number of aromatic nitrogens is 1. The number of nitrogens with one attached hydrogen (secondary N) is 1. The van der Waals surface area contributed by atoms with Gasteiger partial charge in [0, 0.05) is 19.6 Å². The number of pyridine rings is 1. The minimum Gasteiger partial charge on any atom is -0.315 e. The van der Waals surface area contributed by atoms with Crippen LogP contribution in [0.4, 0.5) is 11.5 Å². The van der Waals surface area contributed by atoms with Crippen LogP contribution in [-0.4, -0.2) is 57.3 Å². The summed E-state index contributed by atoms with van der Waals surface area (Å²) in [5.41, 5.74) is 0.715. The van der Waals surface area contributed by atoms with Gasteiger partial charge in [-0.3, -0.25) is 14.5 Å². The van der Waals surface area contributed by atoms with E-state index in [1.54, 1.807) is 28.1 Å². The molecule has 0 saturated carbocycles. The van der Waals surface area contributed by atoms with Crippen LogP contribution in [-0.2, 0) is 30.7 Å². The Morgan fingerprint density at radius 3 is 2.79 bits per heavy atom. The molecule has 0 aliphatic carbocycles. The van der Waals surface area contributed by atoms with E-state index < -0.39 is 16.0 Å². The summed E-state index contributed by atoms with van der Waals surface area (Å²) in [5.74, 6) is 0.317. The van der Waals surface area contributed by atoms with Crippen LogP contribution < -0.4 is 15.1 Å². The van der Waals surface area contributed by atoms with Crippen LogP contribution in [0.3, 0.4) is 0 Å². The van der Waals surface area contributed by atoms with Crippen LogP contribution in [0.15, 0.2) is 18.3 Å². The Morgan fingerprint density at radius 2 is 2.17 bits per heavy atom. The fourth-order valence-electron chi connectivity index (χ4n) is 2.78. The molecule has 130 valence electrons. The van der Waals surface area contributed by atoms with E-state index >= 15 is 0 Å². The molecule has 8 nitrogen and oxygen atoms in total. The number of carbonyl (C=O) groups is 2. The average molecular weight is 388 g/mol. The van der Waals surface area contributed by atoms with Crippen molar-refractivity contribution in [2.45, 2.75) is 12.5 Å². The van der Waals surface area contributed by atoms with Crippen molar-refractivity contribution in [1.82, 2.24) is 14.0 Å². The lowest BCUT2D eigenvalue weighted by atomic mass is 10.3. The summed E-state index contributed by atoms with van der Waals surface area (Å²) in [5, 5.41) is 3.02. The SMILES string of the molecule is O=C1CNCCN1c1ccc(N2CCC(N(S)S(O)=S)C2=O)nc1. The van der Waals surface area contributed by atoms with E-state index in [-0.39, 0.29) is 11.8 Å². The first-order valence-corrected chi connectivity index (χ1v) is 9.83. The first-order chi connectivity index (χ1) is 11.5. The zero-order chi connectivity index (χ0) is 17.3. The molecule has 1 aromatic heterocycles. The molecule has 2 saturated heterocycles. The lowest BCUT2D eigenvalue weighted by molar-refractivity contribution is -0.119. The molecule has 24 heavy (non-hydrogen) atoms. The predicted octanol–water partition coefficient (Wildman–Crippen LogP) is -0.262. The molecule has 3 heterocycles. The Labute approximate surface area is 152 Å². The molecule has 0 radical (unpaired) electrons. The van der Waals surface area contributed by atoms with E-state index in [4.69, 9.17) is 11.2 Å². The smallest absolute Gasteiger partial charge is 0.247 e. The zero-order valence-electron chi connectivity index (χ0n) is 12.7. The Kier molecular flexibility index (Phi) is 5.47. The normalized spacial score (nSPS) is 23.2. The highest BCUT2D eigenvalue weighted by molar-refractivity contribution is 8.27. The van der Waals surface area contributed by atoms with Gasteiger partial charge in [0.15, 0.2) is 0 Å². The molecule has 3 rings (SSSR count). The topological polar surface area (TPSA) is 89.0 Å². The van der Waals surface area contributed by atoms with Crippen LogP contribution in [0.1, 0.15) is 6.42 Å². The Balaban J connectivity index is 1.73. The number of amides is 2. The molecule has 2 aliphatic heterocycles. The van der Waals surface area contributed by atoms with Gasteiger partial charge in [-0.2, -0.15) is 3.71 Å². The monoisotopic (exact) mass is 387 g/mol. The van der Waals surface area contributed by atoms with E-state index in [9.17, 15) is 14.1 Å². The van der Waals surface area contributed by atoms with Gasteiger partial charge in [-0.1, -0.05) is 12.8 Å². The van der Waals surface area contributed by atoms with E-state index in [0.29, 0.717) is 37.6 Å². The quantitative estimate of drug-likeness (QED) is 0.614. The van der Waals surface area contributed by atoms with Crippen LogP contribution in [0.5, 0.6) is 0 Å². The Hall–Kier alpha value is -1.11. The second-order valence-corrected chi connectivity index (χ2v) is 7.88. The van der Waals surface area contributed by atoms with Crippen molar-refractivity contribution >= 4 is 57.2 Å². The lowest BCUT2D eigenvalue weighted by Crippen LogP contribution is -2.48. The van der Waals surface area contributed by atoms with Gasteiger partial charge in [0.05, 0.1) is 28.4 Å². The Bertz CT molecular complexity index is 671. The number of nitrogens with zero attached hydrogens (tertiary/aromatic N) is 4. The largest absolute Gasteiger partial charge is 0.315 e. The maximum Gasteiger partial charge on any atom is 0.247 e. The van der Waals surface area contributed by atoms with E-state index in [0.717, 1.165) is 6.54 Å². The van der Waals surface area contributed by atoms with Crippen molar-refractivity contribution in [3.8, 4) is 0 Å². The summed E-state index contributed by atoms with van der Waals surface area (Å²) in [4.78, 5) is 31.9. The highest BCUT2D eigenvalue weighted by atomic mass is 32.8. The van der Waals surface area contributed by atoms with Crippen molar-refractivity contribution in [2.24, 2.45) is 0 Å².